The van der Waals surface area contributed by atoms with E-state index in [-0.39, 0.29) is 0 Å². The van der Waals surface area contributed by atoms with E-state index in [1.54, 1.807) is 25.1 Å². The molecule has 0 saturated heterocycles. The van der Waals surface area contributed by atoms with E-state index in [4.69, 9.17) is 10.5 Å². The first-order valence-corrected chi connectivity index (χ1v) is 7.88. The summed E-state index contributed by atoms with van der Waals surface area (Å²) in [6, 6.07) is 10.8. The second-order valence-electron chi connectivity index (χ2n) is 4.27. The number of hydrogen-bond acceptors (Lipinski definition) is 4. The average Bonchev–Trinajstić information content (AvgIpc) is 2.45. The Morgan fingerprint density at radius 2 is 1.95 bits per heavy atom. The first-order valence-electron chi connectivity index (χ1n) is 6.30. The van der Waals surface area contributed by atoms with Gasteiger partial charge in [-0.05, 0) is 59.3 Å². The van der Waals surface area contributed by atoms with Crippen molar-refractivity contribution in [1.82, 2.24) is 0 Å². The Morgan fingerprint density at radius 3 is 2.67 bits per heavy atom. The van der Waals surface area contributed by atoms with E-state index in [0.717, 1.165) is 14.6 Å². The molecular weight excluding hydrogens is 400 g/mol. The van der Waals surface area contributed by atoms with Crippen molar-refractivity contribution in [3.05, 3.63) is 50.9 Å². The van der Waals surface area contributed by atoms with Gasteiger partial charge in [-0.25, -0.2) is 4.79 Å². The Balaban J connectivity index is 2.39. The number of nitrogens with two attached hydrogens (primary N) is 1. The quantitative estimate of drug-likeness (QED) is 0.562. The minimum absolute atomic E-state index is 0.313. The molecule has 2 aromatic rings. The van der Waals surface area contributed by atoms with Crippen molar-refractivity contribution in [2.24, 2.45) is 0 Å². The van der Waals surface area contributed by atoms with E-state index in [0.29, 0.717) is 23.5 Å². The maximum Gasteiger partial charge on any atom is 0.340 e. The number of ether oxygens (including phenoxy) is 1. The third kappa shape index (κ3) is 3.98. The molecule has 6 heteroatoms. The summed E-state index contributed by atoms with van der Waals surface area (Å²) in [6.45, 7) is 2.08. The monoisotopic (exact) mass is 412 g/mol. The van der Waals surface area contributed by atoms with Crippen LogP contribution >= 0.6 is 31.9 Å². The zero-order valence-electron chi connectivity index (χ0n) is 11.3. The lowest BCUT2D eigenvalue weighted by Crippen LogP contribution is -2.08. The second kappa shape index (κ2) is 6.95. The van der Waals surface area contributed by atoms with Crippen molar-refractivity contribution in [3.63, 3.8) is 0 Å². The van der Waals surface area contributed by atoms with Crippen LogP contribution in [-0.2, 0) is 4.74 Å². The Morgan fingerprint density at radius 1 is 1.19 bits per heavy atom. The molecule has 0 atom stereocenters. The van der Waals surface area contributed by atoms with Gasteiger partial charge in [-0.1, -0.05) is 15.9 Å². The molecule has 0 unspecified atom stereocenters. The maximum atomic E-state index is 12.0. The summed E-state index contributed by atoms with van der Waals surface area (Å²) in [5, 5.41) is 3.21. The van der Waals surface area contributed by atoms with Gasteiger partial charge in [0.15, 0.2) is 0 Å². The number of benzene rings is 2. The van der Waals surface area contributed by atoms with Gasteiger partial charge in [0.1, 0.15) is 0 Å². The SMILES string of the molecule is CCOC(=O)c1cc(N)ccc1Nc1cc(Br)ccc1Br. The summed E-state index contributed by atoms with van der Waals surface area (Å²) in [5.74, 6) is -0.404. The number of rotatable bonds is 4. The Kier molecular flexibility index (Phi) is 5.25. The van der Waals surface area contributed by atoms with Gasteiger partial charge in [0.05, 0.1) is 23.5 Å². The molecular formula is C15H14Br2N2O2. The predicted molar refractivity (Wildman–Crippen MR) is 91.9 cm³/mol. The Bertz CT molecular complexity index is 675. The zero-order valence-corrected chi connectivity index (χ0v) is 14.5. The fourth-order valence-corrected chi connectivity index (χ4v) is 2.49. The number of carbonyl (C=O) groups is 1. The van der Waals surface area contributed by atoms with Crippen LogP contribution in [0.5, 0.6) is 0 Å². The molecule has 0 fully saturated rings. The summed E-state index contributed by atoms with van der Waals surface area (Å²) in [5.41, 5.74) is 8.15. The molecule has 21 heavy (non-hydrogen) atoms. The van der Waals surface area contributed by atoms with Crippen LogP contribution in [-0.4, -0.2) is 12.6 Å². The molecule has 0 radical (unpaired) electrons. The third-order valence-electron chi connectivity index (χ3n) is 2.74. The predicted octanol–water partition coefficient (Wildman–Crippen LogP) is 4.71. The van der Waals surface area contributed by atoms with Gasteiger partial charge in [-0.3, -0.25) is 0 Å². The van der Waals surface area contributed by atoms with E-state index in [2.05, 4.69) is 37.2 Å². The number of carbonyl (C=O) groups excluding carboxylic acids is 1. The van der Waals surface area contributed by atoms with Crippen molar-refractivity contribution >= 4 is 54.9 Å². The maximum absolute atomic E-state index is 12.0. The highest BCUT2D eigenvalue weighted by atomic mass is 79.9. The highest BCUT2D eigenvalue weighted by molar-refractivity contribution is 9.11. The third-order valence-corrected chi connectivity index (χ3v) is 3.92. The molecule has 0 aromatic heterocycles. The number of esters is 1. The van der Waals surface area contributed by atoms with Crippen LogP contribution in [0.3, 0.4) is 0 Å². The highest BCUT2D eigenvalue weighted by Crippen LogP contribution is 2.31. The van der Waals surface area contributed by atoms with Gasteiger partial charge in [0.2, 0.25) is 0 Å². The molecule has 0 bridgehead atoms. The molecule has 3 N–H and O–H groups in total. The summed E-state index contributed by atoms with van der Waals surface area (Å²) in [6.07, 6.45) is 0. The molecule has 0 amide bonds. The van der Waals surface area contributed by atoms with Crippen LogP contribution < -0.4 is 11.1 Å². The number of nitrogens with one attached hydrogen (secondary N) is 1. The van der Waals surface area contributed by atoms with Crippen molar-refractivity contribution in [3.8, 4) is 0 Å². The van der Waals surface area contributed by atoms with Gasteiger partial charge >= 0.3 is 5.97 Å². The first-order chi connectivity index (χ1) is 10.0. The summed E-state index contributed by atoms with van der Waals surface area (Å²) < 4.78 is 6.88. The lowest BCUT2D eigenvalue weighted by atomic mass is 10.1. The molecule has 0 aliphatic carbocycles. The normalized spacial score (nSPS) is 10.2. The van der Waals surface area contributed by atoms with Crippen LogP contribution in [0, 0.1) is 0 Å². The van der Waals surface area contributed by atoms with Crippen molar-refractivity contribution < 1.29 is 9.53 Å². The van der Waals surface area contributed by atoms with Crippen LogP contribution in [0.4, 0.5) is 17.1 Å². The number of halogens is 2. The number of nitrogen functional groups attached to an aromatic ring is 1. The van der Waals surface area contributed by atoms with Crippen LogP contribution in [0.25, 0.3) is 0 Å². The average molecular weight is 414 g/mol. The van der Waals surface area contributed by atoms with Gasteiger partial charge in [-0.15, -0.1) is 0 Å². The van der Waals surface area contributed by atoms with Crippen LogP contribution in [0.1, 0.15) is 17.3 Å². The standard InChI is InChI=1S/C15H14Br2N2O2/c1-2-21-15(20)11-8-10(18)4-6-13(11)19-14-7-9(16)3-5-12(14)17/h3-8,19H,2,18H2,1H3. The lowest BCUT2D eigenvalue weighted by molar-refractivity contribution is 0.0527. The molecule has 2 aromatic carbocycles. The molecule has 0 aliphatic heterocycles. The molecule has 0 heterocycles. The van der Waals surface area contributed by atoms with Crippen LogP contribution in [0.2, 0.25) is 0 Å². The van der Waals surface area contributed by atoms with Crippen molar-refractivity contribution in [2.45, 2.75) is 6.92 Å². The smallest absolute Gasteiger partial charge is 0.340 e. The molecule has 0 spiro atoms. The van der Waals surface area contributed by atoms with E-state index in [1.165, 1.54) is 0 Å². The molecule has 2 rings (SSSR count). The topological polar surface area (TPSA) is 64.3 Å². The van der Waals surface area contributed by atoms with Gasteiger partial charge in [-0.2, -0.15) is 0 Å². The van der Waals surface area contributed by atoms with E-state index < -0.39 is 5.97 Å². The van der Waals surface area contributed by atoms with Crippen molar-refractivity contribution in [2.75, 3.05) is 17.7 Å². The first kappa shape index (κ1) is 15.9. The minimum Gasteiger partial charge on any atom is -0.462 e. The molecule has 4 nitrogen and oxygen atoms in total. The largest absolute Gasteiger partial charge is 0.462 e. The van der Waals surface area contributed by atoms with Gasteiger partial charge in [0.25, 0.3) is 0 Å². The molecule has 0 aliphatic rings. The minimum atomic E-state index is -0.404. The highest BCUT2D eigenvalue weighted by Gasteiger charge is 2.14. The Hall–Kier alpha value is -1.53. The molecule has 110 valence electrons. The van der Waals surface area contributed by atoms with E-state index in [9.17, 15) is 4.79 Å². The fourth-order valence-electron chi connectivity index (χ4n) is 1.79. The fraction of sp³-hybridized carbons (Fsp3) is 0.133. The Labute approximate surface area is 139 Å². The second-order valence-corrected chi connectivity index (χ2v) is 6.04. The number of hydrogen-bond donors (Lipinski definition) is 2. The summed E-state index contributed by atoms with van der Waals surface area (Å²) in [4.78, 5) is 12.0. The lowest BCUT2D eigenvalue weighted by Gasteiger charge is -2.13. The number of anilines is 3. The molecule has 0 saturated carbocycles. The zero-order chi connectivity index (χ0) is 15.4. The van der Waals surface area contributed by atoms with Gasteiger partial charge in [0, 0.05) is 14.6 Å². The van der Waals surface area contributed by atoms with Crippen LogP contribution in [0.15, 0.2) is 45.3 Å². The van der Waals surface area contributed by atoms with E-state index >= 15 is 0 Å². The van der Waals surface area contributed by atoms with Gasteiger partial charge < -0.3 is 15.8 Å². The van der Waals surface area contributed by atoms with Crippen molar-refractivity contribution in [1.29, 1.82) is 0 Å². The summed E-state index contributed by atoms with van der Waals surface area (Å²) in [7, 11) is 0. The summed E-state index contributed by atoms with van der Waals surface area (Å²) >= 11 is 6.89. The van der Waals surface area contributed by atoms with E-state index in [1.807, 2.05) is 18.2 Å².